The van der Waals surface area contributed by atoms with Crippen molar-refractivity contribution in [3.8, 4) is 0 Å². The Bertz CT molecular complexity index is 490. The number of hydrogen-bond acceptors (Lipinski definition) is 5. The molecule has 0 aromatic carbocycles. The van der Waals surface area contributed by atoms with Gasteiger partial charge in [0.05, 0.1) is 12.7 Å². The fourth-order valence-electron chi connectivity index (χ4n) is 1.14. The van der Waals surface area contributed by atoms with Gasteiger partial charge in [0.2, 0.25) is 5.91 Å². The number of nitrogens with zero attached hydrogens (tertiary/aromatic N) is 3. The highest BCUT2D eigenvalue weighted by Gasteiger charge is 2.08. The average Bonchev–Trinajstić information content (AvgIpc) is 2.50. The van der Waals surface area contributed by atoms with E-state index in [2.05, 4.69) is 19.9 Å². The summed E-state index contributed by atoms with van der Waals surface area (Å²) in [6.07, 6.45) is 1.43. The summed E-state index contributed by atoms with van der Waals surface area (Å²) < 4.78 is 0. The molecule has 0 unspecified atom stereocenters. The topological polar surface area (TPSA) is 124 Å². The predicted molar refractivity (Wildman–Crippen MR) is 49.0 cm³/mol. The van der Waals surface area contributed by atoms with Gasteiger partial charge in [-0.1, -0.05) is 0 Å². The molecule has 1 amide bonds. The highest BCUT2D eigenvalue weighted by atomic mass is 16.1. The third-order valence-electron chi connectivity index (χ3n) is 1.69. The van der Waals surface area contributed by atoms with E-state index in [1.807, 2.05) is 0 Å². The minimum Gasteiger partial charge on any atom is -0.382 e. The van der Waals surface area contributed by atoms with Gasteiger partial charge in [-0.05, 0) is 0 Å². The van der Waals surface area contributed by atoms with Crippen molar-refractivity contribution in [1.82, 2.24) is 19.9 Å². The summed E-state index contributed by atoms with van der Waals surface area (Å²) in [7, 11) is 0. The van der Waals surface area contributed by atoms with Gasteiger partial charge in [-0.15, -0.1) is 0 Å². The second-order valence-electron chi connectivity index (χ2n) is 2.77. The molecule has 2 aromatic heterocycles. The molecule has 0 aliphatic carbocycles. The number of aromatic nitrogens is 4. The third-order valence-corrected chi connectivity index (χ3v) is 1.69. The first kappa shape index (κ1) is 8.42. The highest BCUT2D eigenvalue weighted by Crippen LogP contribution is 2.12. The number of H-pyrrole nitrogens is 1. The lowest BCUT2D eigenvalue weighted by Crippen LogP contribution is -2.16. The van der Waals surface area contributed by atoms with Crippen LogP contribution < -0.4 is 11.5 Å². The smallest absolute Gasteiger partial charge is 0.225 e. The van der Waals surface area contributed by atoms with Gasteiger partial charge >= 0.3 is 0 Å². The number of nitrogens with one attached hydrogen (secondary N) is 1. The Morgan fingerprint density at radius 2 is 2.29 bits per heavy atom. The van der Waals surface area contributed by atoms with Crippen molar-refractivity contribution in [3.05, 3.63) is 12.2 Å². The van der Waals surface area contributed by atoms with Gasteiger partial charge in [-0.25, -0.2) is 15.0 Å². The van der Waals surface area contributed by atoms with Crippen LogP contribution in [0.4, 0.5) is 5.82 Å². The molecule has 5 N–H and O–H groups in total. The van der Waals surface area contributed by atoms with Gasteiger partial charge in [-0.2, -0.15) is 0 Å². The quantitative estimate of drug-likeness (QED) is 0.560. The number of imidazole rings is 1. The molecular formula is C7H8N6O. The molecule has 0 atom stereocenters. The van der Waals surface area contributed by atoms with Crippen LogP contribution in [0.15, 0.2) is 6.33 Å². The summed E-state index contributed by atoms with van der Waals surface area (Å²) in [6, 6.07) is 0. The molecule has 2 heterocycles. The Morgan fingerprint density at radius 1 is 1.50 bits per heavy atom. The molecule has 7 nitrogen and oxygen atoms in total. The number of hydrogen-bond donors (Lipinski definition) is 3. The lowest BCUT2D eigenvalue weighted by atomic mass is 10.3. The van der Waals surface area contributed by atoms with Crippen molar-refractivity contribution in [3.63, 3.8) is 0 Å². The van der Waals surface area contributed by atoms with Crippen molar-refractivity contribution in [2.75, 3.05) is 5.73 Å². The van der Waals surface area contributed by atoms with Crippen LogP contribution in [0.2, 0.25) is 0 Å². The zero-order valence-electron chi connectivity index (χ0n) is 7.19. The lowest BCUT2D eigenvalue weighted by Gasteiger charge is -1.98. The van der Waals surface area contributed by atoms with Gasteiger partial charge in [0.15, 0.2) is 11.5 Å². The maximum absolute atomic E-state index is 10.6. The fraction of sp³-hybridized carbons (Fsp3) is 0.143. The zero-order valence-corrected chi connectivity index (χ0v) is 7.19. The van der Waals surface area contributed by atoms with Crippen LogP contribution >= 0.6 is 0 Å². The maximum atomic E-state index is 10.6. The average molecular weight is 192 g/mol. The number of nitrogen functional groups attached to an aromatic ring is 1. The highest BCUT2D eigenvalue weighted by molar-refractivity contribution is 5.82. The van der Waals surface area contributed by atoms with E-state index in [9.17, 15) is 4.79 Å². The van der Waals surface area contributed by atoms with Crippen LogP contribution in [0.1, 0.15) is 5.82 Å². The Balaban J connectivity index is 2.53. The first-order valence-corrected chi connectivity index (χ1v) is 3.90. The van der Waals surface area contributed by atoms with Gasteiger partial charge in [0, 0.05) is 0 Å². The molecule has 0 saturated heterocycles. The van der Waals surface area contributed by atoms with Crippen LogP contribution in [0.5, 0.6) is 0 Å². The molecule has 0 bridgehead atoms. The molecule has 0 fully saturated rings. The Hall–Kier alpha value is -2.18. The molecule has 0 radical (unpaired) electrons. The molecule has 0 saturated carbocycles. The summed E-state index contributed by atoms with van der Waals surface area (Å²) in [5, 5.41) is 0. The van der Waals surface area contributed by atoms with Crippen molar-refractivity contribution < 1.29 is 4.79 Å². The fourth-order valence-corrected chi connectivity index (χ4v) is 1.14. The molecule has 72 valence electrons. The maximum Gasteiger partial charge on any atom is 0.225 e. The molecule has 0 aliphatic heterocycles. The Kier molecular flexibility index (Phi) is 1.77. The van der Waals surface area contributed by atoms with Gasteiger partial charge in [0.1, 0.15) is 11.3 Å². The molecule has 0 aliphatic rings. The third kappa shape index (κ3) is 1.35. The lowest BCUT2D eigenvalue weighted by molar-refractivity contribution is -0.117. The zero-order chi connectivity index (χ0) is 10.1. The van der Waals surface area contributed by atoms with Gasteiger partial charge in [0.25, 0.3) is 0 Å². The van der Waals surface area contributed by atoms with Gasteiger partial charge < -0.3 is 16.5 Å². The van der Waals surface area contributed by atoms with E-state index in [-0.39, 0.29) is 18.1 Å². The van der Waals surface area contributed by atoms with Crippen LogP contribution in [0, 0.1) is 0 Å². The number of anilines is 1. The summed E-state index contributed by atoms with van der Waals surface area (Å²) in [5.41, 5.74) is 11.6. The van der Waals surface area contributed by atoms with E-state index < -0.39 is 5.91 Å². The van der Waals surface area contributed by atoms with Gasteiger partial charge in [-0.3, -0.25) is 4.79 Å². The van der Waals surface area contributed by atoms with Crippen molar-refractivity contribution in [1.29, 1.82) is 0 Å². The van der Waals surface area contributed by atoms with E-state index in [0.717, 1.165) is 0 Å². The standard InChI is InChI=1S/C7H8N6O/c8-3(14)1-4-12-6(9)5-7(13-4)11-2-10-5/h2H,1H2,(H2,8,14)(H3,9,10,11,12,13). The Labute approximate surface area is 78.6 Å². The molecule has 7 heteroatoms. The van der Waals surface area contributed by atoms with E-state index >= 15 is 0 Å². The number of aromatic amines is 1. The van der Waals surface area contributed by atoms with Crippen molar-refractivity contribution in [2.45, 2.75) is 6.42 Å². The number of amides is 1. The first-order chi connectivity index (χ1) is 6.66. The molecule has 2 rings (SSSR count). The second kappa shape index (κ2) is 2.95. The molecule has 0 spiro atoms. The largest absolute Gasteiger partial charge is 0.382 e. The van der Waals surface area contributed by atoms with E-state index in [1.165, 1.54) is 6.33 Å². The first-order valence-electron chi connectivity index (χ1n) is 3.90. The predicted octanol–water partition coefficient (Wildman–Crippen LogP) is -1.04. The number of primary amides is 1. The summed E-state index contributed by atoms with van der Waals surface area (Å²) >= 11 is 0. The number of fused-ring (bicyclic) bond motifs is 1. The van der Waals surface area contributed by atoms with Crippen LogP contribution in [0.25, 0.3) is 11.2 Å². The van der Waals surface area contributed by atoms with Crippen LogP contribution in [-0.2, 0) is 11.2 Å². The number of carbonyl (C=O) groups excluding carboxylic acids is 1. The second-order valence-corrected chi connectivity index (χ2v) is 2.77. The minimum atomic E-state index is -0.501. The van der Waals surface area contributed by atoms with Crippen LogP contribution in [0.3, 0.4) is 0 Å². The van der Waals surface area contributed by atoms with E-state index in [1.54, 1.807) is 0 Å². The molecule has 14 heavy (non-hydrogen) atoms. The van der Waals surface area contributed by atoms with Crippen molar-refractivity contribution in [2.24, 2.45) is 5.73 Å². The molecule has 2 aromatic rings. The minimum absolute atomic E-state index is 0.0347. The number of carbonyl (C=O) groups is 1. The molecular weight excluding hydrogens is 184 g/mol. The monoisotopic (exact) mass is 192 g/mol. The van der Waals surface area contributed by atoms with Crippen LogP contribution in [-0.4, -0.2) is 25.8 Å². The number of rotatable bonds is 2. The summed E-state index contributed by atoms with van der Waals surface area (Å²) in [6.45, 7) is 0. The Morgan fingerprint density at radius 3 is 3.00 bits per heavy atom. The van der Waals surface area contributed by atoms with E-state index in [0.29, 0.717) is 11.2 Å². The SMILES string of the molecule is NC(=O)Cc1nc(N)c2[nH]cnc2n1. The summed E-state index contributed by atoms with van der Waals surface area (Å²) in [4.78, 5) is 25.2. The number of nitrogens with two attached hydrogens (primary N) is 2. The van der Waals surface area contributed by atoms with Crippen molar-refractivity contribution >= 4 is 22.9 Å². The normalized spacial score (nSPS) is 10.6. The van der Waals surface area contributed by atoms with E-state index in [4.69, 9.17) is 11.5 Å². The summed E-state index contributed by atoms with van der Waals surface area (Å²) in [5.74, 6) is 0.0534.